The number of aromatic nitrogens is 1. The van der Waals surface area contributed by atoms with Crippen LogP contribution < -0.4 is 10.2 Å². The van der Waals surface area contributed by atoms with E-state index in [1.165, 1.54) is 0 Å². The Kier molecular flexibility index (Phi) is 4.58. The number of benzene rings is 1. The van der Waals surface area contributed by atoms with Crippen LogP contribution in [-0.4, -0.2) is 31.0 Å². The lowest BCUT2D eigenvalue weighted by molar-refractivity contribution is 0.0944. The van der Waals surface area contributed by atoms with Crippen LogP contribution in [-0.2, 0) is 0 Å². The average molecular weight is 283 g/mol. The van der Waals surface area contributed by atoms with Crippen molar-refractivity contribution in [1.29, 1.82) is 0 Å². The number of anilines is 1. The van der Waals surface area contributed by atoms with E-state index in [-0.39, 0.29) is 11.9 Å². The van der Waals surface area contributed by atoms with Crippen LogP contribution in [0.15, 0.2) is 42.6 Å². The third kappa shape index (κ3) is 3.40. The molecule has 0 aliphatic carbocycles. The molecule has 0 saturated carbocycles. The van der Waals surface area contributed by atoms with Gasteiger partial charge in [-0.2, -0.15) is 0 Å². The quantitative estimate of drug-likeness (QED) is 0.938. The van der Waals surface area contributed by atoms with Gasteiger partial charge in [0, 0.05) is 37.5 Å². The number of pyridine rings is 1. The maximum absolute atomic E-state index is 12.4. The lowest BCUT2D eigenvalue weighted by Gasteiger charge is -2.18. The molecule has 0 atom stereocenters. The molecule has 21 heavy (non-hydrogen) atoms. The minimum absolute atomic E-state index is 0.0610. The van der Waals surface area contributed by atoms with Gasteiger partial charge in [-0.05, 0) is 37.6 Å². The average Bonchev–Trinajstić information content (AvgIpc) is 2.46. The van der Waals surface area contributed by atoms with E-state index in [9.17, 15) is 4.79 Å². The van der Waals surface area contributed by atoms with Gasteiger partial charge in [0.1, 0.15) is 5.82 Å². The number of amides is 1. The number of nitrogens with one attached hydrogen (secondary N) is 1. The molecule has 0 aliphatic heterocycles. The Morgan fingerprint density at radius 2 is 1.76 bits per heavy atom. The fourth-order valence-electron chi connectivity index (χ4n) is 2.22. The molecular weight excluding hydrogens is 262 g/mol. The molecule has 1 aromatic heterocycles. The third-order valence-corrected chi connectivity index (χ3v) is 3.09. The van der Waals surface area contributed by atoms with Gasteiger partial charge in [0.25, 0.3) is 5.91 Å². The van der Waals surface area contributed by atoms with E-state index in [2.05, 4.69) is 10.3 Å². The minimum atomic E-state index is -0.0610. The van der Waals surface area contributed by atoms with Crippen molar-refractivity contribution >= 4 is 11.7 Å². The van der Waals surface area contributed by atoms with E-state index < -0.39 is 0 Å². The van der Waals surface area contributed by atoms with E-state index in [4.69, 9.17) is 0 Å². The smallest absolute Gasteiger partial charge is 0.252 e. The normalized spacial score (nSPS) is 10.5. The van der Waals surface area contributed by atoms with Gasteiger partial charge in [-0.15, -0.1) is 0 Å². The Labute approximate surface area is 125 Å². The van der Waals surface area contributed by atoms with Crippen LogP contribution in [0.25, 0.3) is 11.1 Å². The molecule has 4 nitrogen and oxygen atoms in total. The highest BCUT2D eigenvalue weighted by atomic mass is 16.1. The molecule has 0 aliphatic rings. The Morgan fingerprint density at radius 1 is 1.10 bits per heavy atom. The van der Waals surface area contributed by atoms with Crippen molar-refractivity contribution in [2.45, 2.75) is 19.9 Å². The largest absolute Gasteiger partial charge is 0.362 e. The summed E-state index contributed by atoms with van der Waals surface area (Å²) in [6.07, 6.45) is 1.76. The molecule has 4 heteroatoms. The van der Waals surface area contributed by atoms with Gasteiger partial charge in [-0.3, -0.25) is 4.79 Å². The van der Waals surface area contributed by atoms with Crippen LogP contribution in [0.5, 0.6) is 0 Å². The van der Waals surface area contributed by atoms with E-state index in [1.54, 1.807) is 6.20 Å². The second-order valence-electron chi connectivity index (χ2n) is 5.44. The molecule has 0 fully saturated rings. The number of hydrogen-bond acceptors (Lipinski definition) is 3. The van der Waals surface area contributed by atoms with Gasteiger partial charge >= 0.3 is 0 Å². The van der Waals surface area contributed by atoms with Crippen molar-refractivity contribution in [2.24, 2.45) is 0 Å². The van der Waals surface area contributed by atoms with E-state index in [1.807, 2.05) is 69.2 Å². The first-order chi connectivity index (χ1) is 10.0. The molecule has 0 spiro atoms. The molecule has 2 rings (SSSR count). The molecule has 2 aromatic rings. The van der Waals surface area contributed by atoms with Crippen molar-refractivity contribution in [3.8, 4) is 11.1 Å². The first kappa shape index (κ1) is 15.0. The summed E-state index contributed by atoms with van der Waals surface area (Å²) in [6, 6.07) is 11.6. The van der Waals surface area contributed by atoms with Gasteiger partial charge in [0.05, 0.1) is 0 Å². The fraction of sp³-hybridized carbons (Fsp3) is 0.294. The van der Waals surface area contributed by atoms with Crippen LogP contribution in [0.1, 0.15) is 24.2 Å². The highest BCUT2D eigenvalue weighted by Crippen LogP contribution is 2.30. The first-order valence-electron chi connectivity index (χ1n) is 7.03. The number of rotatable bonds is 4. The second-order valence-corrected chi connectivity index (χ2v) is 5.44. The van der Waals surface area contributed by atoms with Gasteiger partial charge in [0.15, 0.2) is 0 Å². The number of hydrogen-bond donors (Lipinski definition) is 1. The molecule has 1 amide bonds. The molecule has 0 unspecified atom stereocenters. The standard InChI is InChI=1S/C17H21N3O/c1-12(2)19-17(21)15-9-6-5-8-13(15)14-10-7-11-18-16(14)20(3)4/h5-12H,1-4H3,(H,19,21). The maximum Gasteiger partial charge on any atom is 0.252 e. The van der Waals surface area contributed by atoms with Crippen LogP contribution in [0.3, 0.4) is 0 Å². The zero-order valence-corrected chi connectivity index (χ0v) is 12.9. The SMILES string of the molecule is CC(C)NC(=O)c1ccccc1-c1cccnc1N(C)C. The van der Waals surface area contributed by atoms with Crippen molar-refractivity contribution < 1.29 is 4.79 Å². The number of nitrogens with zero attached hydrogens (tertiary/aromatic N) is 2. The topological polar surface area (TPSA) is 45.2 Å². The summed E-state index contributed by atoms with van der Waals surface area (Å²) in [6.45, 7) is 3.91. The van der Waals surface area contributed by atoms with Crippen molar-refractivity contribution in [1.82, 2.24) is 10.3 Å². The molecule has 0 saturated heterocycles. The molecule has 1 N–H and O–H groups in total. The van der Waals surface area contributed by atoms with Gasteiger partial charge in [0.2, 0.25) is 0 Å². The van der Waals surface area contributed by atoms with E-state index in [0.717, 1.165) is 16.9 Å². The number of carbonyl (C=O) groups excluding carboxylic acids is 1. The predicted octanol–water partition coefficient (Wildman–Crippen LogP) is 2.95. The summed E-state index contributed by atoms with van der Waals surface area (Å²) in [5, 5.41) is 2.94. The Bertz CT molecular complexity index is 635. The van der Waals surface area contributed by atoms with Crippen LogP contribution in [0, 0.1) is 0 Å². The summed E-state index contributed by atoms with van der Waals surface area (Å²) in [5.41, 5.74) is 2.52. The molecule has 1 heterocycles. The number of carbonyl (C=O) groups is 1. The lowest BCUT2D eigenvalue weighted by atomic mass is 9.99. The third-order valence-electron chi connectivity index (χ3n) is 3.09. The van der Waals surface area contributed by atoms with E-state index in [0.29, 0.717) is 5.56 Å². The second kappa shape index (κ2) is 6.39. The van der Waals surface area contributed by atoms with Gasteiger partial charge in [-0.1, -0.05) is 18.2 Å². The molecular formula is C17H21N3O. The monoisotopic (exact) mass is 283 g/mol. The Balaban J connectivity index is 2.53. The zero-order valence-electron chi connectivity index (χ0n) is 12.9. The van der Waals surface area contributed by atoms with Crippen LogP contribution >= 0.6 is 0 Å². The molecule has 1 aromatic carbocycles. The molecule has 0 bridgehead atoms. The summed E-state index contributed by atoms with van der Waals surface area (Å²) in [5.74, 6) is 0.788. The molecule has 110 valence electrons. The van der Waals surface area contributed by atoms with Crippen LogP contribution in [0.2, 0.25) is 0 Å². The van der Waals surface area contributed by atoms with E-state index >= 15 is 0 Å². The predicted molar refractivity (Wildman–Crippen MR) is 86.6 cm³/mol. The zero-order chi connectivity index (χ0) is 15.4. The maximum atomic E-state index is 12.4. The lowest BCUT2D eigenvalue weighted by Crippen LogP contribution is -2.30. The highest BCUT2D eigenvalue weighted by molar-refractivity contribution is 6.02. The van der Waals surface area contributed by atoms with Crippen molar-refractivity contribution in [2.75, 3.05) is 19.0 Å². The minimum Gasteiger partial charge on any atom is -0.362 e. The summed E-state index contributed by atoms with van der Waals surface area (Å²) in [7, 11) is 3.89. The van der Waals surface area contributed by atoms with Crippen LogP contribution in [0.4, 0.5) is 5.82 Å². The van der Waals surface area contributed by atoms with Crippen molar-refractivity contribution in [3.05, 3.63) is 48.2 Å². The Hall–Kier alpha value is -2.36. The first-order valence-corrected chi connectivity index (χ1v) is 7.03. The van der Waals surface area contributed by atoms with Crippen molar-refractivity contribution in [3.63, 3.8) is 0 Å². The summed E-state index contributed by atoms with van der Waals surface area (Å²) in [4.78, 5) is 18.7. The summed E-state index contributed by atoms with van der Waals surface area (Å²) < 4.78 is 0. The Morgan fingerprint density at radius 3 is 2.43 bits per heavy atom. The highest BCUT2D eigenvalue weighted by Gasteiger charge is 2.16. The summed E-state index contributed by atoms with van der Waals surface area (Å²) >= 11 is 0. The van der Waals surface area contributed by atoms with Gasteiger partial charge < -0.3 is 10.2 Å². The van der Waals surface area contributed by atoms with Gasteiger partial charge in [-0.25, -0.2) is 4.98 Å². The molecule has 0 radical (unpaired) electrons. The fourth-order valence-corrected chi connectivity index (χ4v) is 2.22.